The number of imidazole rings is 4. The van der Waals surface area contributed by atoms with Crippen molar-refractivity contribution in [2.45, 2.75) is 284 Å². The number of H-pyrrole nitrogens is 2. The number of rotatable bonds is 1. The smallest absolute Gasteiger partial charge is 0.213 e. The fourth-order valence-corrected chi connectivity index (χ4v) is 16.3. The van der Waals surface area contributed by atoms with Gasteiger partial charge in [0.2, 0.25) is 5.88 Å². The number of para-hydroxylation sites is 7. The Kier molecular flexibility index (Phi) is 31.9. The van der Waals surface area contributed by atoms with Gasteiger partial charge in [0.15, 0.2) is 5.65 Å². The van der Waals surface area contributed by atoms with Crippen LogP contribution in [0.5, 0.6) is 11.6 Å². The van der Waals surface area contributed by atoms with E-state index in [1.165, 1.54) is 84.8 Å². The Balaban J connectivity index is 0.000000144. The molecule has 0 amide bonds. The van der Waals surface area contributed by atoms with Crippen LogP contribution in [0, 0.1) is 29.1 Å². The number of aryl methyl sites for hydroxylation is 3. The Hall–Kier alpha value is -12.1. The van der Waals surface area contributed by atoms with Crippen LogP contribution in [0.4, 0.5) is 0 Å². The minimum absolute atomic E-state index is 0.0910. The number of aromatic nitrogens is 12. The Bertz CT molecular complexity index is 6140. The van der Waals surface area contributed by atoms with E-state index >= 15 is 0 Å². The summed E-state index contributed by atoms with van der Waals surface area (Å²) in [6.07, 6.45) is 17.0. The van der Waals surface area contributed by atoms with E-state index < -0.39 is 0 Å². The molecule has 0 bridgehead atoms. The van der Waals surface area contributed by atoms with Crippen LogP contribution in [-0.2, 0) is 77.7 Å². The predicted octanol–water partition coefficient (Wildman–Crippen LogP) is 30.9. The molecule has 3 aliphatic rings. The van der Waals surface area contributed by atoms with Crippen molar-refractivity contribution in [3.63, 3.8) is 0 Å². The van der Waals surface area contributed by atoms with Crippen molar-refractivity contribution in [3.8, 4) is 11.6 Å². The van der Waals surface area contributed by atoms with Crippen LogP contribution in [0.3, 0.4) is 0 Å². The van der Waals surface area contributed by atoms with Gasteiger partial charge in [-0.05, 0) is 184 Å². The molecule has 714 valence electrons. The van der Waals surface area contributed by atoms with Gasteiger partial charge in [-0.15, -0.1) is 0 Å². The van der Waals surface area contributed by atoms with Crippen molar-refractivity contribution in [2.75, 3.05) is 7.11 Å². The quantitative estimate of drug-likeness (QED) is 0.163. The van der Waals surface area contributed by atoms with Gasteiger partial charge in [0.25, 0.3) is 0 Å². The third-order valence-corrected chi connectivity index (χ3v) is 24.9. The average Bonchev–Trinajstić information content (AvgIpc) is 1.64. The molecule has 1 aliphatic heterocycles. The first-order valence-corrected chi connectivity index (χ1v) is 48.2. The normalized spacial score (nSPS) is 13.9. The summed E-state index contributed by atoms with van der Waals surface area (Å²) in [4.78, 5) is 29.2. The second-order valence-corrected chi connectivity index (χ2v) is 47.0. The van der Waals surface area contributed by atoms with Crippen molar-refractivity contribution < 1.29 is 13.9 Å². The maximum Gasteiger partial charge on any atom is 0.213 e. The number of allylic oxidation sites excluding steroid dienone is 1. The molecule has 135 heavy (non-hydrogen) atoms. The minimum atomic E-state index is 0.0910. The van der Waals surface area contributed by atoms with Crippen LogP contribution in [-0.4, -0.2) is 71.3 Å². The highest BCUT2D eigenvalue weighted by molar-refractivity contribution is 5.83. The Morgan fingerprint density at radius 1 is 0.422 bits per heavy atom. The molecule has 1 atom stereocenters. The van der Waals surface area contributed by atoms with E-state index in [-0.39, 0.29) is 48.7 Å². The maximum atomic E-state index is 5.87. The number of furan rings is 1. The number of benzene rings is 7. The van der Waals surface area contributed by atoms with E-state index in [9.17, 15) is 0 Å². The lowest BCUT2D eigenvalue weighted by Gasteiger charge is -2.26. The van der Waals surface area contributed by atoms with Crippen molar-refractivity contribution in [1.82, 2.24) is 58.0 Å². The molecule has 17 aromatic rings. The lowest BCUT2D eigenvalue weighted by molar-refractivity contribution is 0.109. The summed E-state index contributed by atoms with van der Waals surface area (Å²) in [6, 6.07) is 75.3. The molecular formula is C120H156N12O3. The first kappa shape index (κ1) is 103. The highest BCUT2D eigenvalue weighted by Gasteiger charge is 2.34. The number of hydrogen-bond donors (Lipinski definition) is 2. The largest absolute Gasteiger partial charge is 0.489 e. The van der Waals surface area contributed by atoms with Crippen LogP contribution < -0.4 is 9.47 Å². The molecule has 1 unspecified atom stereocenters. The zero-order chi connectivity index (χ0) is 98.9. The second kappa shape index (κ2) is 41.6. The van der Waals surface area contributed by atoms with Crippen molar-refractivity contribution in [2.24, 2.45) is 36.3 Å². The van der Waals surface area contributed by atoms with Crippen LogP contribution in [0.15, 0.2) is 259 Å². The molecule has 2 N–H and O–H groups in total. The molecule has 0 fully saturated rings. The topological polar surface area (TPSA) is 159 Å². The number of pyridine rings is 2. The number of ether oxygens (including phenoxy) is 2. The minimum Gasteiger partial charge on any atom is -0.489 e. The van der Waals surface area contributed by atoms with Crippen LogP contribution >= 0.6 is 0 Å². The molecule has 2 aliphatic carbocycles. The van der Waals surface area contributed by atoms with E-state index in [1.54, 1.807) is 28.9 Å². The number of hydrogen-bond acceptors (Lipinski definition) is 9. The summed E-state index contributed by atoms with van der Waals surface area (Å²) in [5, 5.41) is 8.00. The van der Waals surface area contributed by atoms with Crippen LogP contribution in [0.25, 0.3) is 72.2 Å². The average molecular weight is 1810 g/mol. The Morgan fingerprint density at radius 3 is 1.56 bits per heavy atom. The Labute approximate surface area is 806 Å². The van der Waals surface area contributed by atoms with Crippen LogP contribution in [0.1, 0.15) is 281 Å². The molecule has 0 spiro atoms. The summed E-state index contributed by atoms with van der Waals surface area (Å²) in [6.45, 7) is 68.5. The number of nitrogens with one attached hydrogen (secondary N) is 2. The summed E-state index contributed by atoms with van der Waals surface area (Å²) in [5.41, 5.74) is 26.5. The van der Waals surface area contributed by atoms with Gasteiger partial charge in [-0.25, -0.2) is 29.4 Å². The molecule has 15 heteroatoms. The van der Waals surface area contributed by atoms with Gasteiger partial charge in [-0.3, -0.25) is 0 Å². The molecule has 0 saturated carbocycles. The zero-order valence-electron chi connectivity index (χ0n) is 87.9. The fraction of sp³-hybridized carbons (Fsp3) is 0.417. The molecule has 0 saturated heterocycles. The number of nitrogens with zero attached hydrogens (tertiary/aromatic N) is 10. The fourth-order valence-electron chi connectivity index (χ4n) is 16.3. The zero-order valence-corrected chi connectivity index (χ0v) is 87.9. The van der Waals surface area contributed by atoms with E-state index in [0.717, 1.165) is 86.7 Å². The first-order valence-electron chi connectivity index (χ1n) is 48.2. The first-order chi connectivity index (χ1) is 62.9. The van der Waals surface area contributed by atoms with Crippen LogP contribution in [0.2, 0.25) is 0 Å². The number of fused-ring (bicyclic) bond motifs is 10. The molecule has 11 heterocycles. The summed E-state index contributed by atoms with van der Waals surface area (Å²) in [5.74, 6) is 5.84. The SMILES string of the molecule is CC(C)(C)C1Cc2ccccc2C1.CC(C)(C)C1Cc2ccccc2O1.CC(C)(C)c1cc2ccccc2o1.CC(C)(C)c1cn2ccccc2n1.CC(C)(C)c1cn2ncccc2n1.CC(C)(C)c1nc2ccccc2[nH]1.COc1cc2c(cn1)CC(C(C)(C)C)=C2.Cc1ccc2[nH]c(C(C)(C)C)cc2c1.Cn1c(C(C)(C)C)cc2ccccc21.Cn1c(C(C)(C)C)nc2ccccc21. The van der Waals surface area contributed by atoms with E-state index in [4.69, 9.17) is 13.9 Å². The summed E-state index contributed by atoms with van der Waals surface area (Å²) < 4.78 is 25.0. The standard InChI is InChI=1S/C13H17NO.2C13H17N.C13H18.C12H16N2.C12H16O.C12H14O.2C11H14N2.C10H13N3/c1-13(2,3)11-5-9-7-12(15-4)14-8-10(9)6-11;1-9-5-6-11-10(7-9)8-12(14-11)13(2,3)4;1-13(2,3)12-9-10-7-5-6-8-11(10)14(12)4;1-13(2,3)12-8-10-6-4-5-7-11(10)9-12;1-12(2,3)11-13-9-7-5-6-8-10(9)14(11)4;2*1-12(2,3)11-8-9-6-4-5-7-10(9)13-11;1-11(2,3)9-8-13-7-5-4-6-10(13)12-9;1-11(2,3)10-12-8-6-4-5-7-9(8)13-10;1-10(2,3)8-7-13-9(12-8)5-4-6-11-13/h5,7-8H,6H2,1-4H3;5-8,14H,1-4H3;5-9H,1-4H3;4-7,12H,8-9H2,1-3H3;5-8H,1-4H3;4-7,11H,8H2,1-3H3;2*4-8H,1-3H3;4-7H,1-3H3,(H,12,13);4-7H,1-3H3. The number of aromatic amines is 2. The van der Waals surface area contributed by atoms with Gasteiger partial charge in [0.1, 0.15) is 40.5 Å². The Morgan fingerprint density at radius 2 is 1.00 bits per heavy atom. The van der Waals surface area contributed by atoms with Gasteiger partial charge >= 0.3 is 0 Å². The van der Waals surface area contributed by atoms with Crippen molar-refractivity contribution in [1.29, 1.82) is 0 Å². The van der Waals surface area contributed by atoms with Gasteiger partial charge in [0, 0.05) is 117 Å². The third-order valence-electron chi connectivity index (χ3n) is 24.9. The van der Waals surface area contributed by atoms with Crippen molar-refractivity contribution >= 4 is 72.2 Å². The predicted molar refractivity (Wildman–Crippen MR) is 571 cm³/mol. The summed E-state index contributed by atoms with van der Waals surface area (Å²) >= 11 is 0. The van der Waals surface area contributed by atoms with E-state index in [1.807, 2.05) is 104 Å². The molecular weight excluding hydrogens is 1660 g/mol. The highest BCUT2D eigenvalue weighted by atomic mass is 16.5. The molecule has 10 aromatic heterocycles. The lowest BCUT2D eigenvalue weighted by atomic mass is 9.79. The molecule has 7 aromatic carbocycles. The molecule has 20 rings (SSSR count). The third kappa shape index (κ3) is 27.6. The van der Waals surface area contributed by atoms with Gasteiger partial charge in [0.05, 0.1) is 46.8 Å². The monoisotopic (exact) mass is 1810 g/mol. The van der Waals surface area contributed by atoms with E-state index in [0.29, 0.717) is 17.4 Å². The van der Waals surface area contributed by atoms with Gasteiger partial charge < -0.3 is 37.4 Å². The lowest BCUT2D eigenvalue weighted by Crippen LogP contribution is -2.30. The molecule has 15 nitrogen and oxygen atoms in total. The maximum absolute atomic E-state index is 5.87. The second-order valence-electron chi connectivity index (χ2n) is 47.0. The summed E-state index contributed by atoms with van der Waals surface area (Å²) in [7, 11) is 5.87. The number of methoxy groups -OCH3 is 1. The van der Waals surface area contributed by atoms with Crippen molar-refractivity contribution in [3.05, 3.63) is 329 Å². The van der Waals surface area contributed by atoms with Gasteiger partial charge in [-0.1, -0.05) is 340 Å². The highest BCUT2D eigenvalue weighted by Crippen LogP contribution is 2.41. The van der Waals surface area contributed by atoms with E-state index in [2.05, 4.69) is 428 Å². The molecule has 0 radical (unpaired) electrons. The van der Waals surface area contributed by atoms with Gasteiger partial charge in [-0.2, -0.15) is 5.10 Å².